The number of halogens is 1. The highest BCUT2D eigenvalue weighted by Crippen LogP contribution is 2.15. The Morgan fingerprint density at radius 3 is 2.52 bits per heavy atom. The monoisotopic (exact) mass is 345 g/mol. The van der Waals surface area contributed by atoms with E-state index in [9.17, 15) is 4.39 Å². The Hall–Kier alpha value is -2.37. The lowest BCUT2D eigenvalue weighted by Crippen LogP contribution is -2.36. The third-order valence-electron chi connectivity index (χ3n) is 4.38. The topological polar surface area (TPSA) is 54.2 Å². The molecule has 0 fully saturated rings. The van der Waals surface area contributed by atoms with Gasteiger partial charge in [-0.15, -0.1) is 0 Å². The van der Waals surface area contributed by atoms with Crippen LogP contribution in [0.3, 0.4) is 0 Å². The largest absolute Gasteiger partial charge is 0.352 e. The highest BCUT2D eigenvalue weighted by Gasteiger charge is 2.13. The van der Waals surface area contributed by atoms with Crippen molar-refractivity contribution in [1.29, 1.82) is 0 Å². The number of aliphatic imine (C=N–C) groups is 1. The third kappa shape index (κ3) is 4.59. The zero-order valence-corrected chi connectivity index (χ0v) is 15.8. The van der Waals surface area contributed by atoms with E-state index in [-0.39, 0.29) is 5.82 Å². The van der Waals surface area contributed by atoms with Gasteiger partial charge in [0, 0.05) is 38.4 Å². The van der Waals surface area contributed by atoms with Crippen molar-refractivity contribution >= 4 is 5.96 Å². The van der Waals surface area contributed by atoms with Gasteiger partial charge in [-0.3, -0.25) is 9.67 Å². The number of benzene rings is 1. The molecule has 2 aromatic rings. The Bertz CT molecular complexity index is 749. The Kier molecular flexibility index (Phi) is 6.56. The van der Waals surface area contributed by atoms with Crippen LogP contribution in [0.4, 0.5) is 4.39 Å². The molecule has 1 aromatic carbocycles. The predicted molar refractivity (Wildman–Crippen MR) is 100 cm³/mol. The quantitative estimate of drug-likeness (QED) is 0.625. The van der Waals surface area contributed by atoms with Crippen LogP contribution in [-0.2, 0) is 33.0 Å². The van der Waals surface area contributed by atoms with Crippen molar-refractivity contribution in [3.05, 3.63) is 52.1 Å². The molecular formula is C19H28FN5. The minimum absolute atomic E-state index is 0.183. The van der Waals surface area contributed by atoms with Crippen LogP contribution >= 0.6 is 0 Å². The summed E-state index contributed by atoms with van der Waals surface area (Å²) in [5.74, 6) is 0.506. The van der Waals surface area contributed by atoms with Crippen molar-refractivity contribution < 1.29 is 4.39 Å². The van der Waals surface area contributed by atoms with Gasteiger partial charge < -0.3 is 10.6 Å². The van der Waals surface area contributed by atoms with E-state index in [2.05, 4.69) is 34.6 Å². The van der Waals surface area contributed by atoms with Gasteiger partial charge in [-0.2, -0.15) is 5.10 Å². The first-order valence-corrected chi connectivity index (χ1v) is 8.73. The molecule has 0 radical (unpaired) electrons. The van der Waals surface area contributed by atoms with Crippen molar-refractivity contribution in [2.45, 2.75) is 46.7 Å². The summed E-state index contributed by atoms with van der Waals surface area (Å²) in [4.78, 5) is 4.25. The molecule has 0 spiro atoms. The number of aryl methyl sites for hydroxylation is 3. The number of rotatable bonds is 6. The summed E-state index contributed by atoms with van der Waals surface area (Å²) < 4.78 is 15.6. The van der Waals surface area contributed by atoms with Gasteiger partial charge in [0.05, 0.1) is 5.69 Å². The molecule has 2 rings (SSSR count). The maximum Gasteiger partial charge on any atom is 0.191 e. The van der Waals surface area contributed by atoms with Gasteiger partial charge in [-0.1, -0.05) is 26.0 Å². The van der Waals surface area contributed by atoms with E-state index < -0.39 is 0 Å². The highest BCUT2D eigenvalue weighted by molar-refractivity contribution is 5.79. The second-order valence-electron chi connectivity index (χ2n) is 6.07. The van der Waals surface area contributed by atoms with E-state index in [0.717, 1.165) is 24.1 Å². The summed E-state index contributed by atoms with van der Waals surface area (Å²) in [7, 11) is 3.72. The van der Waals surface area contributed by atoms with E-state index in [1.54, 1.807) is 26.1 Å². The fraction of sp³-hybridized carbons (Fsp3) is 0.474. The first-order valence-electron chi connectivity index (χ1n) is 8.73. The summed E-state index contributed by atoms with van der Waals surface area (Å²) in [6, 6.07) is 5.27. The Labute approximate surface area is 149 Å². The van der Waals surface area contributed by atoms with Crippen LogP contribution in [0, 0.1) is 12.7 Å². The summed E-state index contributed by atoms with van der Waals surface area (Å²) in [6.07, 6.45) is 1.84. The normalized spacial score (nSPS) is 11.7. The van der Waals surface area contributed by atoms with Crippen LogP contribution in [0.25, 0.3) is 0 Å². The lowest BCUT2D eigenvalue weighted by atomic mass is 10.1. The number of guanidine groups is 1. The van der Waals surface area contributed by atoms with E-state index in [0.29, 0.717) is 24.6 Å². The number of nitrogens with one attached hydrogen (secondary N) is 2. The molecule has 0 saturated carbocycles. The first kappa shape index (κ1) is 19.0. The molecule has 0 amide bonds. The molecule has 136 valence electrons. The van der Waals surface area contributed by atoms with Crippen molar-refractivity contribution in [2.75, 3.05) is 7.05 Å². The van der Waals surface area contributed by atoms with Crippen LogP contribution < -0.4 is 10.6 Å². The second-order valence-corrected chi connectivity index (χ2v) is 6.07. The fourth-order valence-corrected chi connectivity index (χ4v) is 2.92. The van der Waals surface area contributed by atoms with Crippen LogP contribution in [0.1, 0.15) is 41.9 Å². The number of hydrogen-bond acceptors (Lipinski definition) is 2. The number of aromatic nitrogens is 2. The van der Waals surface area contributed by atoms with Crippen molar-refractivity contribution in [2.24, 2.45) is 12.0 Å². The summed E-state index contributed by atoms with van der Waals surface area (Å²) in [6.45, 7) is 7.20. The minimum Gasteiger partial charge on any atom is -0.352 e. The second kappa shape index (κ2) is 8.65. The van der Waals surface area contributed by atoms with Gasteiger partial charge in [0.2, 0.25) is 0 Å². The molecule has 0 aliphatic rings. The number of hydrogen-bond donors (Lipinski definition) is 2. The molecule has 0 unspecified atom stereocenters. The Morgan fingerprint density at radius 1 is 1.20 bits per heavy atom. The summed E-state index contributed by atoms with van der Waals surface area (Å²) >= 11 is 0. The van der Waals surface area contributed by atoms with Crippen LogP contribution in [0.15, 0.2) is 23.2 Å². The maximum atomic E-state index is 13.6. The van der Waals surface area contributed by atoms with E-state index in [4.69, 9.17) is 0 Å². The molecule has 2 N–H and O–H groups in total. The van der Waals surface area contributed by atoms with E-state index in [1.165, 1.54) is 11.3 Å². The lowest BCUT2D eigenvalue weighted by Gasteiger charge is -2.13. The molecule has 0 aliphatic carbocycles. The first-order chi connectivity index (χ1) is 12.0. The minimum atomic E-state index is -0.183. The smallest absolute Gasteiger partial charge is 0.191 e. The SMILES string of the molecule is CCc1nn(C)c(CC)c1CNC(=NC)NCc1ccc(C)c(F)c1. The molecule has 0 aliphatic heterocycles. The molecule has 5 nitrogen and oxygen atoms in total. The fourth-order valence-electron chi connectivity index (χ4n) is 2.92. The van der Waals surface area contributed by atoms with Crippen molar-refractivity contribution in [3.63, 3.8) is 0 Å². The van der Waals surface area contributed by atoms with Gasteiger partial charge in [0.15, 0.2) is 5.96 Å². The molecule has 1 aromatic heterocycles. The summed E-state index contributed by atoms with van der Waals surface area (Å²) in [5.41, 5.74) is 5.12. The number of nitrogens with zero attached hydrogens (tertiary/aromatic N) is 3. The molecular weight excluding hydrogens is 317 g/mol. The Morgan fingerprint density at radius 2 is 1.92 bits per heavy atom. The standard InChI is InChI=1S/C19H28FN5/c1-6-17-15(18(7-2)25(5)24-17)12-23-19(21-4)22-11-14-9-8-13(3)16(20)10-14/h8-10H,6-7,11-12H2,1-5H3,(H2,21,22,23). The predicted octanol–water partition coefficient (Wildman–Crippen LogP) is 2.86. The van der Waals surface area contributed by atoms with E-state index in [1.807, 2.05) is 17.8 Å². The molecule has 0 atom stereocenters. The molecule has 6 heteroatoms. The van der Waals surface area contributed by atoms with Gasteiger partial charge in [0.1, 0.15) is 5.82 Å². The average Bonchev–Trinajstić information content (AvgIpc) is 2.92. The zero-order chi connectivity index (χ0) is 18.4. The van der Waals surface area contributed by atoms with Crippen LogP contribution in [0.5, 0.6) is 0 Å². The summed E-state index contributed by atoms with van der Waals surface area (Å²) in [5, 5.41) is 11.2. The van der Waals surface area contributed by atoms with Gasteiger partial charge in [0.25, 0.3) is 0 Å². The zero-order valence-electron chi connectivity index (χ0n) is 15.8. The molecule has 25 heavy (non-hydrogen) atoms. The van der Waals surface area contributed by atoms with Crippen molar-refractivity contribution in [3.8, 4) is 0 Å². The highest BCUT2D eigenvalue weighted by atomic mass is 19.1. The van der Waals surface area contributed by atoms with Crippen LogP contribution in [-0.4, -0.2) is 22.8 Å². The van der Waals surface area contributed by atoms with Crippen LogP contribution in [0.2, 0.25) is 0 Å². The van der Waals surface area contributed by atoms with E-state index >= 15 is 0 Å². The molecule has 1 heterocycles. The van der Waals surface area contributed by atoms with Gasteiger partial charge >= 0.3 is 0 Å². The molecule has 0 bridgehead atoms. The Balaban J connectivity index is 2.00. The molecule has 0 saturated heterocycles. The van der Waals surface area contributed by atoms with Gasteiger partial charge in [-0.25, -0.2) is 4.39 Å². The van der Waals surface area contributed by atoms with Gasteiger partial charge in [-0.05, 0) is 37.0 Å². The maximum absolute atomic E-state index is 13.6. The average molecular weight is 345 g/mol. The van der Waals surface area contributed by atoms with Crippen molar-refractivity contribution in [1.82, 2.24) is 20.4 Å². The third-order valence-corrected chi connectivity index (χ3v) is 4.38. The lowest BCUT2D eigenvalue weighted by molar-refractivity contribution is 0.615.